The van der Waals surface area contributed by atoms with Crippen molar-refractivity contribution >= 4 is 12.0 Å². The van der Waals surface area contributed by atoms with Crippen LogP contribution < -0.4 is 11.1 Å². The average Bonchev–Trinajstić information content (AvgIpc) is 3.10. The number of rotatable bonds is 3. The molecular weight excluding hydrogens is 326 g/mol. The number of hydrogen-bond acceptors (Lipinski definition) is 4. The largest absolute Gasteiger partial charge is 0.368 e. The highest BCUT2D eigenvalue weighted by atomic mass is 16.2. The van der Waals surface area contributed by atoms with Gasteiger partial charge in [-0.3, -0.25) is 0 Å². The van der Waals surface area contributed by atoms with Crippen LogP contribution in [0.25, 0.3) is 0 Å². The van der Waals surface area contributed by atoms with Crippen molar-refractivity contribution in [1.29, 1.82) is 0 Å². The lowest BCUT2D eigenvalue weighted by Gasteiger charge is -2.24. The van der Waals surface area contributed by atoms with Crippen molar-refractivity contribution in [3.8, 4) is 0 Å². The van der Waals surface area contributed by atoms with Crippen molar-refractivity contribution in [3.63, 3.8) is 0 Å². The lowest BCUT2D eigenvalue weighted by atomic mass is 9.99. The van der Waals surface area contributed by atoms with Gasteiger partial charge in [-0.25, -0.2) is 14.8 Å². The Bertz CT molecular complexity index is 874. The van der Waals surface area contributed by atoms with Crippen LogP contribution in [0.4, 0.5) is 10.7 Å². The first-order valence-electron chi connectivity index (χ1n) is 8.46. The summed E-state index contributed by atoms with van der Waals surface area (Å²) in [6.45, 7) is 0.919. The highest BCUT2D eigenvalue weighted by Gasteiger charge is 2.27. The molecule has 26 heavy (non-hydrogen) atoms. The zero-order valence-corrected chi connectivity index (χ0v) is 14.2. The second kappa shape index (κ2) is 6.84. The standard InChI is InChI=1S/C20H19N5O/c21-19-22-11-16-12-25(13-17(16)23-19)20(26)24-18(14-7-3-1-4-8-14)15-9-5-2-6-10-15/h1-11,18H,12-13H2,(H,24,26)(H2,21,22,23). The molecule has 0 bridgehead atoms. The summed E-state index contributed by atoms with van der Waals surface area (Å²) in [5, 5.41) is 3.15. The number of urea groups is 1. The van der Waals surface area contributed by atoms with Gasteiger partial charge in [-0.05, 0) is 11.1 Å². The Kier molecular flexibility index (Phi) is 4.23. The van der Waals surface area contributed by atoms with Gasteiger partial charge in [0.15, 0.2) is 0 Å². The van der Waals surface area contributed by atoms with Crippen LogP contribution >= 0.6 is 0 Å². The number of nitrogens with two attached hydrogens (primary N) is 1. The smallest absolute Gasteiger partial charge is 0.318 e. The van der Waals surface area contributed by atoms with Crippen molar-refractivity contribution in [3.05, 3.63) is 89.2 Å². The third-order valence-corrected chi connectivity index (χ3v) is 4.50. The van der Waals surface area contributed by atoms with E-state index in [4.69, 9.17) is 5.73 Å². The minimum absolute atomic E-state index is 0.140. The molecule has 0 fully saturated rings. The molecule has 4 rings (SSSR count). The minimum Gasteiger partial charge on any atom is -0.368 e. The van der Waals surface area contributed by atoms with E-state index in [1.807, 2.05) is 60.7 Å². The van der Waals surface area contributed by atoms with Gasteiger partial charge < -0.3 is 16.0 Å². The molecule has 2 amide bonds. The van der Waals surface area contributed by atoms with Crippen molar-refractivity contribution in [1.82, 2.24) is 20.2 Å². The van der Waals surface area contributed by atoms with Crippen LogP contribution in [0, 0.1) is 0 Å². The van der Waals surface area contributed by atoms with E-state index in [0.717, 1.165) is 22.4 Å². The van der Waals surface area contributed by atoms with E-state index in [-0.39, 0.29) is 18.0 Å². The molecule has 3 aromatic rings. The molecule has 3 N–H and O–H groups in total. The molecule has 0 spiro atoms. The molecule has 0 unspecified atom stereocenters. The molecule has 0 aliphatic carbocycles. The first kappa shape index (κ1) is 16.1. The maximum atomic E-state index is 12.9. The fourth-order valence-electron chi connectivity index (χ4n) is 3.18. The summed E-state index contributed by atoms with van der Waals surface area (Å²) >= 11 is 0. The Morgan fingerprint density at radius 1 is 1.00 bits per heavy atom. The van der Waals surface area contributed by atoms with E-state index in [2.05, 4.69) is 15.3 Å². The Balaban J connectivity index is 1.56. The Hall–Kier alpha value is -3.41. The number of fused-ring (bicyclic) bond motifs is 1. The number of carbonyl (C=O) groups is 1. The monoisotopic (exact) mass is 345 g/mol. The number of anilines is 1. The van der Waals surface area contributed by atoms with E-state index < -0.39 is 0 Å². The average molecular weight is 345 g/mol. The van der Waals surface area contributed by atoms with Gasteiger partial charge in [-0.2, -0.15) is 0 Å². The van der Waals surface area contributed by atoms with E-state index in [9.17, 15) is 4.79 Å². The first-order chi connectivity index (χ1) is 12.7. The van der Waals surface area contributed by atoms with Crippen LogP contribution in [-0.4, -0.2) is 20.9 Å². The lowest BCUT2D eigenvalue weighted by molar-refractivity contribution is 0.195. The van der Waals surface area contributed by atoms with E-state index >= 15 is 0 Å². The summed E-state index contributed by atoms with van der Waals surface area (Å²) in [6, 6.07) is 19.5. The summed E-state index contributed by atoms with van der Waals surface area (Å²) in [5.74, 6) is 0.234. The lowest BCUT2D eigenvalue weighted by Crippen LogP contribution is -2.39. The van der Waals surface area contributed by atoms with E-state index in [1.54, 1.807) is 11.1 Å². The summed E-state index contributed by atoms with van der Waals surface area (Å²) in [7, 11) is 0. The maximum Gasteiger partial charge on any atom is 0.318 e. The van der Waals surface area contributed by atoms with Gasteiger partial charge in [0.25, 0.3) is 0 Å². The number of carbonyl (C=O) groups excluding carboxylic acids is 1. The van der Waals surface area contributed by atoms with Crippen LogP contribution in [0.2, 0.25) is 0 Å². The molecule has 0 saturated heterocycles. The van der Waals surface area contributed by atoms with E-state index in [1.165, 1.54) is 0 Å². The van der Waals surface area contributed by atoms with E-state index in [0.29, 0.717) is 13.1 Å². The van der Waals surface area contributed by atoms with Crippen molar-refractivity contribution in [2.75, 3.05) is 5.73 Å². The van der Waals surface area contributed by atoms with Gasteiger partial charge in [-0.1, -0.05) is 60.7 Å². The molecule has 1 aliphatic heterocycles. The summed E-state index contributed by atoms with van der Waals surface area (Å²) < 4.78 is 0. The predicted octanol–water partition coefficient (Wildman–Crippen LogP) is 2.87. The SMILES string of the molecule is Nc1ncc2c(n1)CN(C(=O)NC(c1ccccc1)c1ccccc1)C2. The van der Waals surface area contributed by atoms with Gasteiger partial charge in [-0.15, -0.1) is 0 Å². The minimum atomic E-state index is -0.218. The number of nitrogens with zero attached hydrogens (tertiary/aromatic N) is 3. The van der Waals surface area contributed by atoms with Gasteiger partial charge in [0, 0.05) is 11.8 Å². The zero-order chi connectivity index (χ0) is 17.9. The molecule has 6 nitrogen and oxygen atoms in total. The second-order valence-corrected chi connectivity index (χ2v) is 6.26. The molecule has 0 radical (unpaired) electrons. The zero-order valence-electron chi connectivity index (χ0n) is 14.2. The van der Waals surface area contributed by atoms with Crippen molar-refractivity contribution in [2.45, 2.75) is 19.1 Å². The van der Waals surface area contributed by atoms with Gasteiger partial charge in [0.05, 0.1) is 24.8 Å². The van der Waals surface area contributed by atoms with Crippen LogP contribution in [-0.2, 0) is 13.1 Å². The Morgan fingerprint density at radius 3 is 2.23 bits per heavy atom. The fraction of sp³-hybridized carbons (Fsp3) is 0.150. The first-order valence-corrected chi connectivity index (χ1v) is 8.46. The molecule has 130 valence electrons. The van der Waals surface area contributed by atoms with Crippen LogP contribution in [0.3, 0.4) is 0 Å². The topological polar surface area (TPSA) is 84.1 Å². The summed E-state index contributed by atoms with van der Waals surface area (Å²) in [4.78, 5) is 22.8. The van der Waals surface area contributed by atoms with Crippen molar-refractivity contribution < 1.29 is 4.79 Å². The second-order valence-electron chi connectivity index (χ2n) is 6.26. The summed E-state index contributed by atoms with van der Waals surface area (Å²) in [6.07, 6.45) is 1.69. The molecule has 2 aromatic carbocycles. The highest BCUT2D eigenvalue weighted by molar-refractivity contribution is 5.76. The summed E-state index contributed by atoms with van der Waals surface area (Å²) in [5.41, 5.74) is 9.46. The molecule has 0 atom stereocenters. The van der Waals surface area contributed by atoms with Crippen LogP contribution in [0.1, 0.15) is 28.4 Å². The molecular formula is C20H19N5O. The molecule has 0 saturated carbocycles. The van der Waals surface area contributed by atoms with Gasteiger partial charge in [0.1, 0.15) is 0 Å². The third-order valence-electron chi connectivity index (χ3n) is 4.50. The Morgan fingerprint density at radius 2 is 1.62 bits per heavy atom. The Labute approximate surface area is 151 Å². The van der Waals surface area contributed by atoms with Crippen LogP contribution in [0.15, 0.2) is 66.9 Å². The predicted molar refractivity (Wildman–Crippen MR) is 99.0 cm³/mol. The maximum absolute atomic E-state index is 12.9. The normalized spacial score (nSPS) is 12.9. The van der Waals surface area contributed by atoms with Crippen LogP contribution in [0.5, 0.6) is 0 Å². The quantitative estimate of drug-likeness (QED) is 0.764. The number of amides is 2. The molecule has 1 aliphatic rings. The highest BCUT2D eigenvalue weighted by Crippen LogP contribution is 2.25. The van der Waals surface area contributed by atoms with Gasteiger partial charge >= 0.3 is 6.03 Å². The van der Waals surface area contributed by atoms with Gasteiger partial charge in [0.2, 0.25) is 5.95 Å². The number of aromatic nitrogens is 2. The third kappa shape index (κ3) is 3.21. The number of nitrogens with one attached hydrogen (secondary N) is 1. The number of nitrogen functional groups attached to an aromatic ring is 1. The number of hydrogen-bond donors (Lipinski definition) is 2. The molecule has 1 aromatic heterocycles. The molecule has 2 heterocycles. The van der Waals surface area contributed by atoms with Crippen molar-refractivity contribution in [2.24, 2.45) is 0 Å². The number of benzene rings is 2. The fourth-order valence-corrected chi connectivity index (χ4v) is 3.18. The molecule has 6 heteroatoms.